The summed E-state index contributed by atoms with van der Waals surface area (Å²) in [7, 11) is 0. The van der Waals surface area contributed by atoms with Gasteiger partial charge in [-0.05, 0) is 6.42 Å². The normalized spacial score (nSPS) is 34.6. The summed E-state index contributed by atoms with van der Waals surface area (Å²) in [5.74, 6) is -0.0817. The molecule has 2 aliphatic rings. The van der Waals surface area contributed by atoms with E-state index in [-0.39, 0.29) is 18.2 Å². The molecule has 0 bridgehead atoms. The Kier molecular flexibility index (Phi) is 2.80. The van der Waals surface area contributed by atoms with Crippen molar-refractivity contribution in [3.63, 3.8) is 0 Å². The molecule has 0 aromatic rings. The van der Waals surface area contributed by atoms with E-state index in [9.17, 15) is 4.79 Å². The first-order valence-electron chi connectivity index (χ1n) is 4.73. The third kappa shape index (κ3) is 2.42. The van der Waals surface area contributed by atoms with Crippen molar-refractivity contribution < 1.29 is 19.0 Å². The Morgan fingerprint density at radius 2 is 2.23 bits per heavy atom. The van der Waals surface area contributed by atoms with Crippen LogP contribution in [0.3, 0.4) is 0 Å². The van der Waals surface area contributed by atoms with Crippen LogP contribution in [0.15, 0.2) is 0 Å². The van der Waals surface area contributed by atoms with Crippen LogP contribution < -0.4 is 0 Å². The Bertz CT molecular complexity index is 186. The molecular weight excluding hydrogens is 172 g/mol. The van der Waals surface area contributed by atoms with E-state index < -0.39 is 0 Å². The lowest BCUT2D eigenvalue weighted by Crippen LogP contribution is -2.31. The molecule has 2 fully saturated rings. The van der Waals surface area contributed by atoms with Gasteiger partial charge in [-0.1, -0.05) is 0 Å². The summed E-state index contributed by atoms with van der Waals surface area (Å²) in [6.45, 7) is 1.97. The van der Waals surface area contributed by atoms with Crippen molar-refractivity contribution in [2.45, 2.75) is 31.5 Å². The van der Waals surface area contributed by atoms with Crippen LogP contribution in [-0.2, 0) is 19.0 Å². The molecule has 0 aromatic heterocycles. The van der Waals surface area contributed by atoms with E-state index in [1.54, 1.807) is 0 Å². The summed E-state index contributed by atoms with van der Waals surface area (Å²) in [5.41, 5.74) is 0. The first-order chi connectivity index (χ1) is 6.34. The highest BCUT2D eigenvalue weighted by Crippen LogP contribution is 2.20. The topological polar surface area (TPSA) is 44.8 Å². The maximum absolute atomic E-state index is 10.8. The van der Waals surface area contributed by atoms with Crippen LogP contribution in [-0.4, -0.2) is 38.0 Å². The minimum atomic E-state index is -0.0817. The Balaban J connectivity index is 1.73. The molecule has 4 heteroatoms. The van der Waals surface area contributed by atoms with Crippen molar-refractivity contribution in [1.29, 1.82) is 0 Å². The summed E-state index contributed by atoms with van der Waals surface area (Å²) in [4.78, 5) is 10.8. The van der Waals surface area contributed by atoms with E-state index in [2.05, 4.69) is 0 Å². The third-order valence-electron chi connectivity index (χ3n) is 2.38. The van der Waals surface area contributed by atoms with Crippen molar-refractivity contribution >= 4 is 5.97 Å². The monoisotopic (exact) mass is 186 g/mol. The Labute approximate surface area is 77.1 Å². The molecule has 2 heterocycles. The average molecular weight is 186 g/mol. The van der Waals surface area contributed by atoms with Crippen LogP contribution in [0.1, 0.15) is 19.3 Å². The van der Waals surface area contributed by atoms with Crippen molar-refractivity contribution in [3.8, 4) is 0 Å². The highest BCUT2D eigenvalue weighted by atomic mass is 16.6. The van der Waals surface area contributed by atoms with Gasteiger partial charge in [0.2, 0.25) is 0 Å². The molecule has 0 aliphatic carbocycles. The SMILES string of the molecule is O=C1CCC(CC2COCCO2)O1. The van der Waals surface area contributed by atoms with Gasteiger partial charge < -0.3 is 14.2 Å². The fourth-order valence-corrected chi connectivity index (χ4v) is 1.71. The number of rotatable bonds is 2. The van der Waals surface area contributed by atoms with Gasteiger partial charge >= 0.3 is 5.97 Å². The molecule has 0 spiro atoms. The fraction of sp³-hybridized carbons (Fsp3) is 0.889. The number of hydrogen-bond acceptors (Lipinski definition) is 4. The number of hydrogen-bond donors (Lipinski definition) is 0. The van der Waals surface area contributed by atoms with Crippen LogP contribution in [0.5, 0.6) is 0 Å². The van der Waals surface area contributed by atoms with Gasteiger partial charge in [-0.25, -0.2) is 0 Å². The van der Waals surface area contributed by atoms with E-state index in [1.807, 2.05) is 0 Å². The Morgan fingerprint density at radius 3 is 2.85 bits per heavy atom. The largest absolute Gasteiger partial charge is 0.462 e. The fourth-order valence-electron chi connectivity index (χ4n) is 1.71. The lowest BCUT2D eigenvalue weighted by Gasteiger charge is -2.24. The highest BCUT2D eigenvalue weighted by Gasteiger charge is 2.27. The summed E-state index contributed by atoms with van der Waals surface area (Å²) < 4.78 is 15.8. The standard InChI is InChI=1S/C9H14O4/c10-9-2-1-7(13-9)5-8-6-11-3-4-12-8/h7-8H,1-6H2. The van der Waals surface area contributed by atoms with Crippen molar-refractivity contribution in [2.24, 2.45) is 0 Å². The first-order valence-corrected chi connectivity index (χ1v) is 4.73. The first kappa shape index (κ1) is 8.97. The van der Waals surface area contributed by atoms with E-state index in [0.29, 0.717) is 26.2 Å². The predicted molar refractivity (Wildman–Crippen MR) is 44.3 cm³/mol. The van der Waals surface area contributed by atoms with Gasteiger partial charge in [0.1, 0.15) is 6.10 Å². The maximum Gasteiger partial charge on any atom is 0.306 e. The molecule has 0 radical (unpaired) electrons. The summed E-state index contributed by atoms with van der Waals surface area (Å²) in [6.07, 6.45) is 2.34. The molecule has 0 N–H and O–H groups in total. The number of ether oxygens (including phenoxy) is 3. The second-order valence-corrected chi connectivity index (χ2v) is 3.45. The molecule has 0 amide bonds. The molecule has 2 atom stereocenters. The van der Waals surface area contributed by atoms with Crippen LogP contribution in [0, 0.1) is 0 Å². The zero-order valence-electron chi connectivity index (χ0n) is 7.53. The van der Waals surface area contributed by atoms with Crippen LogP contribution in [0.2, 0.25) is 0 Å². The molecular formula is C9H14O4. The van der Waals surface area contributed by atoms with Gasteiger partial charge in [0, 0.05) is 12.8 Å². The van der Waals surface area contributed by atoms with Crippen LogP contribution >= 0.6 is 0 Å². The lowest BCUT2D eigenvalue weighted by molar-refractivity contribution is -0.145. The molecule has 2 unspecified atom stereocenters. The Hall–Kier alpha value is -0.610. The lowest BCUT2D eigenvalue weighted by atomic mass is 10.1. The van der Waals surface area contributed by atoms with Gasteiger partial charge in [-0.2, -0.15) is 0 Å². The summed E-state index contributed by atoms with van der Waals surface area (Å²) in [6, 6.07) is 0. The third-order valence-corrected chi connectivity index (χ3v) is 2.38. The molecule has 2 aliphatic heterocycles. The zero-order valence-corrected chi connectivity index (χ0v) is 7.53. The molecule has 2 rings (SSSR count). The smallest absolute Gasteiger partial charge is 0.306 e. The van der Waals surface area contributed by atoms with Gasteiger partial charge in [0.25, 0.3) is 0 Å². The van der Waals surface area contributed by atoms with Gasteiger partial charge in [0.05, 0.1) is 25.9 Å². The predicted octanol–water partition coefficient (Wildman–Crippen LogP) is 0.498. The molecule has 13 heavy (non-hydrogen) atoms. The van der Waals surface area contributed by atoms with E-state index in [1.165, 1.54) is 0 Å². The maximum atomic E-state index is 10.8. The molecule has 2 saturated heterocycles. The molecule has 4 nitrogen and oxygen atoms in total. The molecule has 0 aromatic carbocycles. The van der Waals surface area contributed by atoms with Crippen molar-refractivity contribution in [1.82, 2.24) is 0 Å². The quantitative estimate of drug-likeness (QED) is 0.589. The number of esters is 1. The molecule has 0 saturated carbocycles. The number of carbonyl (C=O) groups excluding carboxylic acids is 1. The highest BCUT2D eigenvalue weighted by molar-refractivity contribution is 5.71. The van der Waals surface area contributed by atoms with E-state index in [0.717, 1.165) is 12.8 Å². The number of carbonyl (C=O) groups is 1. The van der Waals surface area contributed by atoms with E-state index in [4.69, 9.17) is 14.2 Å². The number of cyclic esters (lactones) is 1. The van der Waals surface area contributed by atoms with Crippen molar-refractivity contribution in [2.75, 3.05) is 19.8 Å². The summed E-state index contributed by atoms with van der Waals surface area (Å²) >= 11 is 0. The average Bonchev–Trinajstić information content (AvgIpc) is 2.53. The molecule has 74 valence electrons. The second-order valence-electron chi connectivity index (χ2n) is 3.45. The van der Waals surface area contributed by atoms with E-state index >= 15 is 0 Å². The van der Waals surface area contributed by atoms with Gasteiger partial charge in [0.15, 0.2) is 0 Å². The Morgan fingerprint density at radius 1 is 1.31 bits per heavy atom. The van der Waals surface area contributed by atoms with Gasteiger partial charge in [-0.3, -0.25) is 4.79 Å². The van der Waals surface area contributed by atoms with Crippen LogP contribution in [0.25, 0.3) is 0 Å². The minimum Gasteiger partial charge on any atom is -0.462 e. The van der Waals surface area contributed by atoms with Crippen LogP contribution in [0.4, 0.5) is 0 Å². The summed E-state index contributed by atoms with van der Waals surface area (Å²) in [5, 5.41) is 0. The minimum absolute atomic E-state index is 0.0548. The zero-order chi connectivity index (χ0) is 9.10. The van der Waals surface area contributed by atoms with Crippen molar-refractivity contribution in [3.05, 3.63) is 0 Å². The second kappa shape index (κ2) is 4.07. The van der Waals surface area contributed by atoms with Gasteiger partial charge in [-0.15, -0.1) is 0 Å².